The van der Waals surface area contributed by atoms with Crippen molar-refractivity contribution < 1.29 is 52.2 Å². The summed E-state index contributed by atoms with van der Waals surface area (Å²) in [5.41, 5.74) is 0. The second kappa shape index (κ2) is 61.5. The molecule has 460 valence electrons. The van der Waals surface area contributed by atoms with Crippen LogP contribution >= 0.6 is 7.82 Å². The van der Waals surface area contributed by atoms with Crippen LogP contribution in [0.5, 0.6) is 0 Å². The fraction of sp³-hybridized carbons (Fsp3) is 0.721. The summed E-state index contributed by atoms with van der Waals surface area (Å²) in [5.74, 6) is -1.50. The summed E-state index contributed by atoms with van der Waals surface area (Å²) >= 11 is 0. The normalized spacial score (nSPS) is 13.9. The summed E-state index contributed by atoms with van der Waals surface area (Å²) in [7, 11) is -4.77. The van der Waals surface area contributed by atoms with Crippen molar-refractivity contribution in [2.45, 2.75) is 290 Å². The van der Waals surface area contributed by atoms with E-state index in [4.69, 9.17) is 23.3 Å². The Kier molecular flexibility index (Phi) is 58.7. The third-order valence-corrected chi connectivity index (χ3v) is 14.5. The predicted octanol–water partition coefficient (Wildman–Crippen LogP) is 19.6. The Hall–Kier alpha value is -3.60. The lowest BCUT2D eigenvalue weighted by Gasteiger charge is -2.21. The largest absolute Gasteiger partial charge is 0.472 e. The number of unbranched alkanes of at least 4 members (excludes halogenated alkanes) is 26. The van der Waals surface area contributed by atoms with Gasteiger partial charge in [-0.05, 0) is 96.3 Å². The third kappa shape index (κ3) is 59.0. The van der Waals surface area contributed by atoms with Crippen LogP contribution in [0.1, 0.15) is 278 Å². The van der Waals surface area contributed by atoms with Gasteiger partial charge in [-0.15, -0.1) is 0 Å². The Labute approximate surface area is 489 Å². The first-order valence-corrected chi connectivity index (χ1v) is 33.6. The van der Waals surface area contributed by atoms with Gasteiger partial charge in [0.15, 0.2) is 6.10 Å². The van der Waals surface area contributed by atoms with Crippen LogP contribution in [-0.4, -0.2) is 66.5 Å². The first-order valence-electron chi connectivity index (χ1n) is 32.1. The van der Waals surface area contributed by atoms with Gasteiger partial charge in [0.1, 0.15) is 12.7 Å². The molecule has 0 saturated heterocycles. The van der Waals surface area contributed by atoms with Gasteiger partial charge in [-0.1, -0.05) is 259 Å². The van der Waals surface area contributed by atoms with Crippen molar-refractivity contribution in [1.82, 2.24) is 0 Å². The van der Waals surface area contributed by atoms with Crippen LogP contribution in [-0.2, 0) is 42.2 Å². The first kappa shape index (κ1) is 76.4. The van der Waals surface area contributed by atoms with Gasteiger partial charge in [0.2, 0.25) is 0 Å². The fourth-order valence-electron chi connectivity index (χ4n) is 8.69. The lowest BCUT2D eigenvalue weighted by Crippen LogP contribution is -2.30. The molecule has 80 heavy (non-hydrogen) atoms. The highest BCUT2D eigenvalue weighted by molar-refractivity contribution is 7.47. The standard InChI is InChI=1S/C68H117O11P/c1-4-7-10-13-16-19-22-25-28-31-32-35-38-41-44-47-50-53-56-59-68(72)79-65(61-75-66(70)57-54-51-48-45-42-39-36-33-29-26-23-20-17-14-11-8-5-2)63-77-80(73,74)76-62-64(60-69)78-67(71)58-55-52-49-46-43-40-37-34-30-27-24-21-18-15-12-9-6-3/h7,9-10,12,16,18-19,21,25,27-28,30,32,35,37,40,64-65,69H,4-6,8,11,13-15,17,20,22-24,26,29,31,33-34,36,38-39,41-63H2,1-3H3,(H,73,74)/b10-7-,12-9-,19-16-,21-18-,28-25-,30-27-,35-32-,40-37-. The van der Waals surface area contributed by atoms with Crippen molar-refractivity contribution in [1.29, 1.82) is 0 Å². The molecule has 0 spiro atoms. The number of hydrogen-bond acceptors (Lipinski definition) is 10. The number of carbonyl (C=O) groups is 3. The molecule has 3 unspecified atom stereocenters. The van der Waals surface area contributed by atoms with Crippen LogP contribution in [0.15, 0.2) is 97.2 Å². The minimum atomic E-state index is -4.77. The molecule has 0 amide bonds. The number of carbonyl (C=O) groups excluding carboxylic acids is 3. The third-order valence-electron chi connectivity index (χ3n) is 13.5. The zero-order valence-corrected chi connectivity index (χ0v) is 51.9. The average molecular weight is 1140 g/mol. The summed E-state index contributed by atoms with van der Waals surface area (Å²) in [6.07, 6.45) is 73.5. The predicted molar refractivity (Wildman–Crippen MR) is 334 cm³/mol. The van der Waals surface area contributed by atoms with Gasteiger partial charge >= 0.3 is 25.7 Å². The van der Waals surface area contributed by atoms with E-state index in [0.717, 1.165) is 135 Å². The van der Waals surface area contributed by atoms with E-state index in [1.54, 1.807) is 0 Å². The van der Waals surface area contributed by atoms with Crippen molar-refractivity contribution in [2.24, 2.45) is 0 Å². The van der Waals surface area contributed by atoms with Crippen molar-refractivity contribution >= 4 is 25.7 Å². The van der Waals surface area contributed by atoms with E-state index in [0.29, 0.717) is 19.3 Å². The van der Waals surface area contributed by atoms with E-state index < -0.39 is 57.8 Å². The monoisotopic (exact) mass is 1140 g/mol. The molecule has 0 heterocycles. The van der Waals surface area contributed by atoms with E-state index in [1.807, 2.05) is 0 Å². The molecule has 12 heteroatoms. The number of phosphoric acid groups is 1. The summed E-state index contributed by atoms with van der Waals surface area (Å²) in [6.45, 7) is 4.41. The van der Waals surface area contributed by atoms with E-state index in [9.17, 15) is 28.9 Å². The number of ether oxygens (including phenoxy) is 3. The molecule has 0 aromatic heterocycles. The molecule has 0 saturated carbocycles. The molecule has 0 fully saturated rings. The molecule has 3 atom stereocenters. The molecule has 0 aliphatic heterocycles. The molecule has 0 aromatic carbocycles. The van der Waals surface area contributed by atoms with Gasteiger partial charge in [-0.25, -0.2) is 4.57 Å². The number of allylic oxidation sites excluding steroid dienone is 16. The Bertz CT molecular complexity index is 1710. The van der Waals surface area contributed by atoms with Crippen molar-refractivity contribution in [3.05, 3.63) is 97.2 Å². The van der Waals surface area contributed by atoms with Crippen LogP contribution in [0.3, 0.4) is 0 Å². The molecule has 0 aromatic rings. The smallest absolute Gasteiger partial charge is 0.462 e. The quantitative estimate of drug-likeness (QED) is 0.0197. The summed E-state index contributed by atoms with van der Waals surface area (Å²) in [6, 6.07) is 0. The average Bonchev–Trinajstić information content (AvgIpc) is 3.45. The number of phosphoric ester groups is 1. The number of aliphatic hydroxyl groups is 1. The van der Waals surface area contributed by atoms with Crippen LogP contribution in [0.25, 0.3) is 0 Å². The Morgan fingerprint density at radius 1 is 0.362 bits per heavy atom. The Morgan fingerprint density at radius 2 is 0.650 bits per heavy atom. The lowest BCUT2D eigenvalue weighted by atomic mass is 10.0. The molecular formula is C68H117O11P. The molecule has 2 N–H and O–H groups in total. The topological polar surface area (TPSA) is 155 Å². The Balaban J connectivity index is 4.75. The van der Waals surface area contributed by atoms with Crippen molar-refractivity contribution in [2.75, 3.05) is 26.4 Å². The van der Waals surface area contributed by atoms with Gasteiger partial charge in [0.05, 0.1) is 19.8 Å². The molecule has 0 bridgehead atoms. The molecule has 0 aliphatic carbocycles. The Morgan fingerprint density at radius 3 is 1.00 bits per heavy atom. The van der Waals surface area contributed by atoms with Gasteiger partial charge in [-0.2, -0.15) is 0 Å². The van der Waals surface area contributed by atoms with Crippen LogP contribution in [0.4, 0.5) is 0 Å². The van der Waals surface area contributed by atoms with E-state index >= 15 is 0 Å². The number of esters is 3. The summed E-state index contributed by atoms with van der Waals surface area (Å²) in [4.78, 5) is 48.8. The SMILES string of the molecule is CC/C=C\C/C=C\C/C=C\C/C=C\CCCCCCCCC(=O)OC(COC(=O)CCCCCCCCCCCCCCCCCCC)COP(=O)(O)OCC(CO)OC(=O)CCCCCC/C=C\C/C=C\C/C=C\C/C=C\CC. The molecular weight excluding hydrogens is 1020 g/mol. The molecule has 0 aliphatic rings. The lowest BCUT2D eigenvalue weighted by molar-refractivity contribution is -0.161. The summed E-state index contributed by atoms with van der Waals surface area (Å²) in [5, 5.41) is 9.85. The minimum Gasteiger partial charge on any atom is -0.462 e. The maximum atomic E-state index is 13.0. The van der Waals surface area contributed by atoms with Crippen LogP contribution in [0, 0.1) is 0 Å². The molecule has 0 radical (unpaired) electrons. The van der Waals surface area contributed by atoms with E-state index in [-0.39, 0.29) is 25.9 Å². The zero-order chi connectivity index (χ0) is 58.3. The second-order valence-corrected chi connectivity index (χ2v) is 22.6. The van der Waals surface area contributed by atoms with Gasteiger partial charge in [0, 0.05) is 19.3 Å². The van der Waals surface area contributed by atoms with Crippen LogP contribution < -0.4 is 0 Å². The van der Waals surface area contributed by atoms with Crippen molar-refractivity contribution in [3.8, 4) is 0 Å². The maximum Gasteiger partial charge on any atom is 0.472 e. The van der Waals surface area contributed by atoms with E-state index in [1.165, 1.54) is 83.5 Å². The number of aliphatic hydroxyl groups excluding tert-OH is 1. The first-order chi connectivity index (χ1) is 39.2. The van der Waals surface area contributed by atoms with Gasteiger partial charge in [0.25, 0.3) is 0 Å². The highest BCUT2D eigenvalue weighted by atomic mass is 31.2. The number of rotatable bonds is 59. The summed E-state index contributed by atoms with van der Waals surface area (Å²) < 4.78 is 39.7. The van der Waals surface area contributed by atoms with Crippen molar-refractivity contribution in [3.63, 3.8) is 0 Å². The molecule has 11 nitrogen and oxygen atoms in total. The number of hydrogen-bond donors (Lipinski definition) is 2. The van der Waals surface area contributed by atoms with E-state index in [2.05, 4.69) is 118 Å². The maximum absolute atomic E-state index is 13.0. The highest BCUT2D eigenvalue weighted by Crippen LogP contribution is 2.43. The van der Waals surface area contributed by atoms with Crippen LogP contribution in [0.2, 0.25) is 0 Å². The van der Waals surface area contributed by atoms with Gasteiger partial charge in [-0.3, -0.25) is 23.4 Å². The zero-order valence-electron chi connectivity index (χ0n) is 51.0. The minimum absolute atomic E-state index is 0.145. The highest BCUT2D eigenvalue weighted by Gasteiger charge is 2.28. The fourth-order valence-corrected chi connectivity index (χ4v) is 9.48. The van der Waals surface area contributed by atoms with Gasteiger partial charge < -0.3 is 24.2 Å². The second-order valence-electron chi connectivity index (χ2n) is 21.2. The molecule has 0 rings (SSSR count).